The van der Waals surface area contributed by atoms with Crippen LogP contribution in [0.4, 0.5) is 0 Å². The van der Waals surface area contributed by atoms with E-state index in [0.29, 0.717) is 51.8 Å². The fraction of sp³-hybridized carbons (Fsp3) is 0.561. The van der Waals surface area contributed by atoms with Crippen molar-refractivity contribution in [3.05, 3.63) is 76.4 Å². The Kier molecular flexibility index (Phi) is 16.0. The Balaban J connectivity index is 1.20. The first-order valence-electron chi connectivity index (χ1n) is 18.9. The van der Waals surface area contributed by atoms with Gasteiger partial charge in [-0.25, -0.2) is 4.98 Å². The van der Waals surface area contributed by atoms with Crippen LogP contribution in [0, 0.1) is 12.3 Å². The highest BCUT2D eigenvalue weighted by Gasteiger charge is 2.41. The number of nitrogens with two attached hydrogens (primary N) is 1. The second-order valence-electron chi connectivity index (χ2n) is 15.4. The predicted octanol–water partition coefficient (Wildman–Crippen LogP) is 4.87. The van der Waals surface area contributed by atoms with Gasteiger partial charge in [0.1, 0.15) is 6.04 Å². The molecule has 290 valence electrons. The molecule has 0 unspecified atom stereocenters. The SMILES string of the molecule is CNC(=O)CC[C@H](N)[C@@H](C)OCc1ccc(CCCCC(=O)N[C@H](C(=O)N2C[C@H](O)C[C@H]2CNCc2ccc(-c3scnc3C)cc2)C(C)(C)C)cc1. The third-order valence-corrected chi connectivity index (χ3v) is 11.0. The molecule has 3 amide bonds. The average Bonchev–Trinajstić information content (AvgIpc) is 3.74. The minimum atomic E-state index is -0.701. The van der Waals surface area contributed by atoms with Crippen molar-refractivity contribution in [2.75, 3.05) is 20.1 Å². The minimum absolute atomic E-state index is 0.0259. The minimum Gasteiger partial charge on any atom is -0.391 e. The molecule has 1 aliphatic heterocycles. The van der Waals surface area contributed by atoms with E-state index in [4.69, 9.17) is 10.5 Å². The molecular formula is C41H60N6O5S. The van der Waals surface area contributed by atoms with Crippen LogP contribution in [0.1, 0.15) is 88.6 Å². The maximum Gasteiger partial charge on any atom is 0.246 e. The van der Waals surface area contributed by atoms with Gasteiger partial charge >= 0.3 is 0 Å². The molecule has 1 saturated heterocycles. The van der Waals surface area contributed by atoms with Crippen molar-refractivity contribution in [1.29, 1.82) is 0 Å². The summed E-state index contributed by atoms with van der Waals surface area (Å²) in [4.78, 5) is 45.9. The summed E-state index contributed by atoms with van der Waals surface area (Å²) >= 11 is 1.64. The number of nitrogens with one attached hydrogen (secondary N) is 3. The maximum atomic E-state index is 14.0. The lowest BCUT2D eigenvalue weighted by atomic mass is 9.85. The molecule has 0 saturated carbocycles. The van der Waals surface area contributed by atoms with Gasteiger partial charge in [-0.2, -0.15) is 0 Å². The van der Waals surface area contributed by atoms with Gasteiger partial charge in [-0.3, -0.25) is 14.4 Å². The molecule has 5 atom stereocenters. The van der Waals surface area contributed by atoms with Crippen molar-refractivity contribution in [3.8, 4) is 10.4 Å². The fourth-order valence-electron chi connectivity index (χ4n) is 6.56. The molecular weight excluding hydrogens is 689 g/mol. The largest absolute Gasteiger partial charge is 0.391 e. The van der Waals surface area contributed by atoms with Crippen molar-refractivity contribution >= 4 is 29.1 Å². The Morgan fingerprint density at radius 2 is 1.70 bits per heavy atom. The van der Waals surface area contributed by atoms with E-state index in [1.807, 2.05) is 52.3 Å². The molecule has 53 heavy (non-hydrogen) atoms. The topological polar surface area (TPSA) is 159 Å². The van der Waals surface area contributed by atoms with Crippen LogP contribution in [0.5, 0.6) is 0 Å². The zero-order valence-corrected chi connectivity index (χ0v) is 33.1. The first-order chi connectivity index (χ1) is 25.2. The fourth-order valence-corrected chi connectivity index (χ4v) is 7.38. The van der Waals surface area contributed by atoms with E-state index in [1.165, 1.54) is 10.4 Å². The van der Waals surface area contributed by atoms with Gasteiger partial charge in [-0.05, 0) is 73.6 Å². The number of aromatic nitrogens is 1. The summed E-state index contributed by atoms with van der Waals surface area (Å²) < 4.78 is 5.94. The Hall–Kier alpha value is -3.68. The number of carbonyl (C=O) groups excluding carboxylic acids is 3. The standard InChI is InChI=1S/C41H60N6O5S/c1-27-38(53-26-45-27)32-17-15-30(16-18-32)22-44-23-33-21-34(48)24-47(33)40(51)39(41(3,4)5)46-37(50)10-8-7-9-29-11-13-31(14-12-29)25-52-28(2)35(42)19-20-36(49)43-6/h11-18,26,28,33-35,39,44,48H,7-10,19-25,42H2,1-6H3,(H,43,49)(H,46,50)/t28-,33+,34-,35+,39-/m1/s1. The Labute approximate surface area is 319 Å². The van der Waals surface area contributed by atoms with Crippen LogP contribution in [0.3, 0.4) is 0 Å². The molecule has 1 fully saturated rings. The summed E-state index contributed by atoms with van der Waals surface area (Å²) in [7, 11) is 1.62. The summed E-state index contributed by atoms with van der Waals surface area (Å²) in [6, 6.07) is 15.6. The summed E-state index contributed by atoms with van der Waals surface area (Å²) in [5.41, 5.74) is 13.1. The maximum absolute atomic E-state index is 14.0. The van der Waals surface area contributed by atoms with Gasteiger partial charge < -0.3 is 36.4 Å². The van der Waals surface area contributed by atoms with Crippen LogP contribution in [0.25, 0.3) is 10.4 Å². The van der Waals surface area contributed by atoms with Crippen LogP contribution in [0.15, 0.2) is 54.0 Å². The number of aryl methyl sites for hydroxylation is 2. The lowest BCUT2D eigenvalue weighted by molar-refractivity contribution is -0.140. The summed E-state index contributed by atoms with van der Waals surface area (Å²) in [5.74, 6) is -0.315. The van der Waals surface area contributed by atoms with Crippen LogP contribution >= 0.6 is 11.3 Å². The average molecular weight is 749 g/mol. The van der Waals surface area contributed by atoms with E-state index < -0.39 is 17.6 Å². The molecule has 2 aromatic carbocycles. The van der Waals surface area contributed by atoms with Gasteiger partial charge in [0.25, 0.3) is 0 Å². The molecule has 1 aromatic heterocycles. The van der Waals surface area contributed by atoms with Crippen LogP contribution < -0.4 is 21.7 Å². The van der Waals surface area contributed by atoms with Crippen molar-refractivity contribution in [3.63, 3.8) is 0 Å². The van der Waals surface area contributed by atoms with Gasteiger partial charge in [0.15, 0.2) is 0 Å². The Bertz CT molecular complexity index is 1610. The number of hydrogen-bond acceptors (Lipinski definition) is 9. The van der Waals surface area contributed by atoms with Gasteiger partial charge in [0.05, 0.1) is 34.9 Å². The van der Waals surface area contributed by atoms with E-state index in [9.17, 15) is 19.5 Å². The highest BCUT2D eigenvalue weighted by molar-refractivity contribution is 7.13. The quantitative estimate of drug-likeness (QED) is 0.109. The van der Waals surface area contributed by atoms with Crippen molar-refractivity contribution < 1.29 is 24.2 Å². The van der Waals surface area contributed by atoms with Crippen LogP contribution in [-0.4, -0.2) is 83.2 Å². The number of ether oxygens (including phenoxy) is 1. The van der Waals surface area contributed by atoms with E-state index in [-0.39, 0.29) is 42.5 Å². The number of carbonyl (C=O) groups is 3. The number of rotatable bonds is 19. The smallest absolute Gasteiger partial charge is 0.246 e. The molecule has 3 aromatic rings. The second kappa shape index (κ2) is 20.1. The molecule has 0 radical (unpaired) electrons. The molecule has 11 nitrogen and oxygen atoms in total. The number of unbranched alkanes of at least 4 members (excludes halogenated alkanes) is 1. The third kappa shape index (κ3) is 13.0. The zero-order chi connectivity index (χ0) is 38.5. The van der Waals surface area contributed by atoms with Gasteiger partial charge in [0, 0.05) is 51.6 Å². The highest BCUT2D eigenvalue weighted by Crippen LogP contribution is 2.28. The normalized spacial score (nSPS) is 17.7. The van der Waals surface area contributed by atoms with Gasteiger partial charge in [-0.1, -0.05) is 69.3 Å². The van der Waals surface area contributed by atoms with E-state index in [2.05, 4.69) is 57.3 Å². The number of thiazole rings is 1. The lowest BCUT2D eigenvalue weighted by Crippen LogP contribution is -2.56. The summed E-state index contributed by atoms with van der Waals surface area (Å²) in [5, 5.41) is 19.7. The highest BCUT2D eigenvalue weighted by atomic mass is 32.1. The van der Waals surface area contributed by atoms with E-state index in [0.717, 1.165) is 35.2 Å². The molecule has 4 rings (SSSR count). The predicted molar refractivity (Wildman–Crippen MR) is 211 cm³/mol. The van der Waals surface area contributed by atoms with Crippen molar-refractivity contribution in [2.24, 2.45) is 11.1 Å². The summed E-state index contributed by atoms with van der Waals surface area (Å²) in [6.07, 6.45) is 3.39. The number of β-amino-alcohol motifs (C(OH)–C–C–N with tert-alkyl or cyclic N) is 1. The van der Waals surface area contributed by atoms with Crippen LogP contribution in [0.2, 0.25) is 0 Å². The van der Waals surface area contributed by atoms with E-state index in [1.54, 1.807) is 23.3 Å². The first-order valence-corrected chi connectivity index (χ1v) is 19.8. The monoisotopic (exact) mass is 748 g/mol. The molecule has 0 spiro atoms. The number of amides is 3. The molecule has 6 N–H and O–H groups in total. The third-order valence-electron chi connectivity index (χ3n) is 10.0. The molecule has 1 aliphatic rings. The van der Waals surface area contributed by atoms with E-state index >= 15 is 0 Å². The van der Waals surface area contributed by atoms with Gasteiger partial charge in [0.2, 0.25) is 17.7 Å². The van der Waals surface area contributed by atoms with Crippen LogP contribution in [-0.2, 0) is 38.7 Å². The Morgan fingerprint density at radius 3 is 2.34 bits per heavy atom. The first kappa shape index (κ1) is 42.1. The second-order valence-corrected chi connectivity index (χ2v) is 16.3. The molecule has 0 aliphatic carbocycles. The zero-order valence-electron chi connectivity index (χ0n) is 32.3. The molecule has 12 heteroatoms. The van der Waals surface area contributed by atoms with Crippen molar-refractivity contribution in [1.82, 2.24) is 25.8 Å². The lowest BCUT2D eigenvalue weighted by Gasteiger charge is -2.36. The van der Waals surface area contributed by atoms with Gasteiger partial charge in [-0.15, -0.1) is 11.3 Å². The number of hydrogen-bond donors (Lipinski definition) is 5. The number of aliphatic hydroxyl groups is 1. The number of nitrogens with zero attached hydrogens (tertiary/aromatic N) is 2. The molecule has 0 bridgehead atoms. The van der Waals surface area contributed by atoms with Crippen molar-refractivity contribution in [2.45, 2.75) is 123 Å². The molecule has 2 heterocycles. The number of aliphatic hydroxyl groups excluding tert-OH is 1. The number of likely N-dealkylation sites (tertiary alicyclic amines) is 1. The number of benzene rings is 2. The summed E-state index contributed by atoms with van der Waals surface area (Å²) in [6.45, 7) is 11.7. The Morgan fingerprint density at radius 1 is 1.02 bits per heavy atom.